The van der Waals surface area contributed by atoms with Crippen LogP contribution >= 0.6 is 0 Å². The van der Waals surface area contributed by atoms with Crippen LogP contribution in [0.15, 0.2) is 12.2 Å². The predicted molar refractivity (Wildman–Crippen MR) is 244 cm³/mol. The number of hydrogen-bond acceptors (Lipinski definition) is 12. The molecular formula is C52H88O13. The maximum atomic E-state index is 13.2. The minimum atomic E-state index is -2.32. The van der Waals surface area contributed by atoms with E-state index in [1.165, 1.54) is 62.3 Å². The summed E-state index contributed by atoms with van der Waals surface area (Å²) in [6.07, 6.45) is 8.28. The monoisotopic (exact) mass is 921 g/mol. The van der Waals surface area contributed by atoms with Crippen molar-refractivity contribution in [3.05, 3.63) is 12.2 Å². The minimum absolute atomic E-state index is 0.00669. The summed E-state index contributed by atoms with van der Waals surface area (Å²) in [6.45, 7) is 30.9. The molecule has 0 bridgehead atoms. The number of fused-ring (bicyclic) bond motifs is 7. The molecule has 0 aromatic heterocycles. The Balaban J connectivity index is 1.18. The Morgan fingerprint density at radius 2 is 1.14 bits per heavy atom. The highest BCUT2D eigenvalue weighted by atomic mass is 16.8. The summed E-state index contributed by atoms with van der Waals surface area (Å²) in [5, 5.41) is 94.0. The maximum Gasteiger partial charge on any atom is 0.309 e. The largest absolute Gasteiger partial charge is 0.481 e. The zero-order valence-corrected chi connectivity index (χ0v) is 42.8. The van der Waals surface area contributed by atoms with Crippen molar-refractivity contribution in [3.8, 4) is 0 Å². The first-order valence-electron chi connectivity index (χ1n) is 24.7. The molecule has 5 saturated carbocycles. The first kappa shape index (κ1) is 51.6. The number of hydrogen-bond donors (Lipinski definition) is 8. The lowest BCUT2D eigenvalue weighted by Crippen LogP contribution is -2.87. The van der Waals surface area contributed by atoms with Gasteiger partial charge in [0.05, 0.1) is 24.7 Å². The van der Waals surface area contributed by atoms with Gasteiger partial charge in [0.1, 0.15) is 44.8 Å². The molecule has 0 aromatic rings. The Morgan fingerprint density at radius 1 is 0.600 bits per heavy atom. The van der Waals surface area contributed by atoms with Gasteiger partial charge >= 0.3 is 5.97 Å². The zero-order chi connectivity index (χ0) is 49.4. The van der Waals surface area contributed by atoms with E-state index in [4.69, 9.17) is 18.9 Å². The van der Waals surface area contributed by atoms with Crippen LogP contribution in [0.25, 0.3) is 0 Å². The van der Waals surface area contributed by atoms with E-state index in [0.29, 0.717) is 24.7 Å². The lowest BCUT2D eigenvalue weighted by atomic mass is 9.32. The van der Waals surface area contributed by atoms with Gasteiger partial charge in [-0.2, -0.15) is 0 Å². The number of rotatable bonds is 8. The van der Waals surface area contributed by atoms with Gasteiger partial charge in [-0.3, -0.25) is 4.79 Å². The summed E-state index contributed by atoms with van der Waals surface area (Å²) in [5.41, 5.74) is -17.4. The van der Waals surface area contributed by atoms with Crippen LogP contribution in [-0.4, -0.2) is 123 Å². The van der Waals surface area contributed by atoms with Crippen LogP contribution in [0.2, 0.25) is 0 Å². The fraction of sp³-hybridized carbons (Fsp3) is 0.942. The molecule has 2 aliphatic heterocycles. The van der Waals surface area contributed by atoms with Crippen LogP contribution in [0.4, 0.5) is 0 Å². The molecule has 374 valence electrons. The summed E-state index contributed by atoms with van der Waals surface area (Å²) in [7, 11) is 0. The summed E-state index contributed by atoms with van der Waals surface area (Å²) in [5.74, 6) is -3.47. The van der Waals surface area contributed by atoms with Gasteiger partial charge < -0.3 is 59.8 Å². The zero-order valence-electron chi connectivity index (χ0n) is 42.8. The van der Waals surface area contributed by atoms with E-state index in [1.807, 2.05) is 0 Å². The molecule has 7 fully saturated rings. The van der Waals surface area contributed by atoms with Gasteiger partial charge in [-0.05, 0) is 192 Å². The SMILES string of the molecule is C=C(C)[C@H]1CC[C@]2(C(=O)O)CC[C@]3(C)[C@H](CC[C@@H]4[C@@]5(C)CC[C@H](O[C@]6(C)O[C@](C)(CO[C@]7(C)O[C@@](C)(CO)[C@@](C)(O)[C@](C)(O)[C@]7(C)O)[C@@](C)(O)[C@](C)(O)[C@@]6(C)O)C(C)(C)[C@H]5CC[C@]43C)[C@H]12. The minimum Gasteiger partial charge on any atom is -0.481 e. The smallest absolute Gasteiger partial charge is 0.309 e. The van der Waals surface area contributed by atoms with E-state index in [2.05, 4.69) is 48.1 Å². The summed E-state index contributed by atoms with van der Waals surface area (Å²) < 4.78 is 26.7. The van der Waals surface area contributed by atoms with Crippen LogP contribution in [0.5, 0.6) is 0 Å². The molecular weight excluding hydrogens is 833 g/mol. The number of carboxylic acid groups (broad SMARTS) is 1. The number of carboxylic acids is 1. The first-order valence-corrected chi connectivity index (χ1v) is 24.7. The number of aliphatic carboxylic acids is 1. The van der Waals surface area contributed by atoms with Crippen LogP contribution in [0.1, 0.15) is 175 Å². The number of carbonyl (C=O) groups is 1. The molecule has 7 aliphatic rings. The van der Waals surface area contributed by atoms with E-state index in [-0.39, 0.29) is 34.0 Å². The second-order valence-electron chi connectivity index (χ2n) is 26.1. The Labute approximate surface area is 389 Å². The quantitative estimate of drug-likeness (QED) is 0.0949. The molecule has 13 heteroatoms. The molecule has 8 N–H and O–H groups in total. The number of aliphatic hydroxyl groups excluding tert-OH is 1. The number of allylic oxidation sites excluding steroid dienone is 1. The molecule has 0 spiro atoms. The van der Waals surface area contributed by atoms with Crippen LogP contribution < -0.4 is 0 Å². The standard InChI is InChI=1S/C52H88O13/c1-30(2)31-20-25-52(37(54)55)27-26-40(6)32(36(31)52)18-19-34-39(5)23-22-35(38(3,4)33(39)21-24-41(34,40)7)63-51(17)49(15,61)47(13,59)45(11,57)43(9,65-51)29-62-50(16)48(14,60)46(12,58)44(10,56)42(8,28-53)64-50/h31-36,53,56-61H,1,18-29H2,2-17H3,(H,54,55)/t31-,32-,33-,34-,35+,36+,39+,40-,41-,42+,43-,44-,45-,46+,47+,48+,49-,50-,51-,52+/m1/s1. The second-order valence-corrected chi connectivity index (χ2v) is 26.1. The van der Waals surface area contributed by atoms with Crippen molar-refractivity contribution in [1.29, 1.82) is 0 Å². The third-order valence-corrected chi connectivity index (χ3v) is 23.2. The fourth-order valence-electron chi connectivity index (χ4n) is 17.0. The number of aliphatic hydroxyl groups is 7. The van der Waals surface area contributed by atoms with E-state index in [0.717, 1.165) is 56.9 Å². The molecule has 20 atom stereocenters. The Kier molecular flexibility index (Phi) is 11.5. The van der Waals surface area contributed by atoms with E-state index < -0.39 is 92.5 Å². The predicted octanol–water partition coefficient (Wildman–Crippen LogP) is 6.64. The highest BCUT2D eigenvalue weighted by molar-refractivity contribution is 5.76. The molecule has 2 heterocycles. The van der Waals surface area contributed by atoms with Gasteiger partial charge in [-0.15, -0.1) is 0 Å². The van der Waals surface area contributed by atoms with Crippen molar-refractivity contribution in [3.63, 3.8) is 0 Å². The van der Waals surface area contributed by atoms with Crippen molar-refractivity contribution in [2.45, 2.75) is 237 Å². The lowest BCUT2D eigenvalue weighted by molar-refractivity contribution is -0.488. The molecule has 65 heavy (non-hydrogen) atoms. The topological polar surface area (TPSA) is 216 Å². The molecule has 5 aliphatic carbocycles. The Bertz CT molecular complexity index is 1940. The van der Waals surface area contributed by atoms with Gasteiger partial charge in [0, 0.05) is 0 Å². The molecule has 2 saturated heterocycles. The summed E-state index contributed by atoms with van der Waals surface area (Å²) in [6, 6.07) is 0. The molecule has 0 amide bonds. The fourth-order valence-corrected chi connectivity index (χ4v) is 17.0. The lowest BCUT2D eigenvalue weighted by Gasteiger charge is -2.73. The summed E-state index contributed by atoms with van der Waals surface area (Å²) in [4.78, 5) is 13.2. The van der Waals surface area contributed by atoms with Gasteiger partial charge in [0.2, 0.25) is 0 Å². The molecule has 0 unspecified atom stereocenters. The molecule has 0 radical (unpaired) electrons. The maximum absolute atomic E-state index is 13.2. The van der Waals surface area contributed by atoms with E-state index in [9.17, 15) is 45.6 Å². The highest BCUT2D eigenvalue weighted by Gasteiger charge is 2.79. The Hall–Kier alpha value is -1.23. The first-order chi connectivity index (χ1) is 29.1. The van der Waals surface area contributed by atoms with E-state index in [1.54, 1.807) is 6.92 Å². The second kappa shape index (κ2) is 14.4. The van der Waals surface area contributed by atoms with E-state index >= 15 is 0 Å². The average molecular weight is 921 g/mol. The van der Waals surface area contributed by atoms with Crippen molar-refractivity contribution < 1.29 is 64.6 Å². The third kappa shape index (κ3) is 5.99. The Morgan fingerprint density at radius 3 is 1.68 bits per heavy atom. The van der Waals surface area contributed by atoms with Gasteiger partial charge in [0.25, 0.3) is 0 Å². The molecule has 0 aromatic carbocycles. The van der Waals surface area contributed by atoms with Crippen molar-refractivity contribution in [1.82, 2.24) is 0 Å². The average Bonchev–Trinajstić information content (AvgIpc) is 3.59. The highest BCUT2D eigenvalue weighted by Crippen LogP contribution is 2.78. The van der Waals surface area contributed by atoms with Crippen molar-refractivity contribution in [2.75, 3.05) is 13.2 Å². The normalized spacial score (nSPS) is 59.7. The molecule has 13 nitrogen and oxygen atoms in total. The van der Waals surface area contributed by atoms with Crippen LogP contribution in [-0.2, 0) is 23.7 Å². The third-order valence-electron chi connectivity index (χ3n) is 23.2. The van der Waals surface area contributed by atoms with Gasteiger partial charge in [-0.1, -0.05) is 46.8 Å². The van der Waals surface area contributed by atoms with Crippen molar-refractivity contribution >= 4 is 5.97 Å². The van der Waals surface area contributed by atoms with Crippen molar-refractivity contribution in [2.24, 2.45) is 56.7 Å². The van der Waals surface area contributed by atoms with Crippen LogP contribution in [0.3, 0.4) is 0 Å². The summed E-state index contributed by atoms with van der Waals surface area (Å²) >= 11 is 0. The molecule has 7 rings (SSSR count). The van der Waals surface area contributed by atoms with Crippen LogP contribution in [0, 0.1) is 56.7 Å². The number of ether oxygens (including phenoxy) is 4. The van der Waals surface area contributed by atoms with Gasteiger partial charge in [0.15, 0.2) is 11.6 Å². The van der Waals surface area contributed by atoms with Gasteiger partial charge in [-0.25, -0.2) is 0 Å².